The highest BCUT2D eigenvalue weighted by molar-refractivity contribution is 7.86. The largest absolute Gasteiger partial charge is 0.434 e. The Kier molecular flexibility index (Phi) is 5.21. The SMILES string of the molecule is NS(=O)(=O)N1CCC2(CC1)C[C@H]2c1noc(-c2ccc(C(F)(F)F)cc2OC(F)F)n1. The van der Waals surface area contributed by atoms with Gasteiger partial charge in [-0.2, -0.15) is 39.7 Å². The van der Waals surface area contributed by atoms with Crippen LogP contribution in [0.4, 0.5) is 22.0 Å². The van der Waals surface area contributed by atoms with Gasteiger partial charge in [-0.05, 0) is 42.9 Å². The third kappa shape index (κ3) is 4.36. The fourth-order valence-electron chi connectivity index (χ4n) is 4.01. The van der Waals surface area contributed by atoms with Gasteiger partial charge >= 0.3 is 12.8 Å². The van der Waals surface area contributed by atoms with Crippen LogP contribution < -0.4 is 9.88 Å². The Morgan fingerprint density at radius 1 is 1.26 bits per heavy atom. The lowest BCUT2D eigenvalue weighted by Crippen LogP contribution is -2.43. The minimum absolute atomic E-state index is 0.137. The molecule has 0 bridgehead atoms. The fraction of sp³-hybridized carbons (Fsp3) is 0.529. The van der Waals surface area contributed by atoms with Crippen LogP contribution in [-0.2, 0) is 16.4 Å². The first-order chi connectivity index (χ1) is 14.4. The van der Waals surface area contributed by atoms with Crippen LogP contribution in [-0.4, -0.2) is 42.6 Å². The van der Waals surface area contributed by atoms with Gasteiger partial charge in [0.1, 0.15) is 5.75 Å². The molecule has 2 N–H and O–H groups in total. The normalized spacial score (nSPS) is 21.6. The molecule has 1 aromatic heterocycles. The van der Waals surface area contributed by atoms with Gasteiger partial charge in [0.2, 0.25) is 0 Å². The van der Waals surface area contributed by atoms with E-state index in [2.05, 4.69) is 14.9 Å². The van der Waals surface area contributed by atoms with E-state index in [1.54, 1.807) is 0 Å². The second-order valence-corrected chi connectivity index (χ2v) is 9.15. The number of hydrogen-bond acceptors (Lipinski definition) is 6. The van der Waals surface area contributed by atoms with Crippen molar-refractivity contribution in [2.75, 3.05) is 13.1 Å². The second kappa shape index (κ2) is 7.38. The number of benzene rings is 1. The molecule has 1 aliphatic carbocycles. The maximum atomic E-state index is 12.9. The van der Waals surface area contributed by atoms with E-state index in [4.69, 9.17) is 9.66 Å². The molecule has 1 aromatic carbocycles. The van der Waals surface area contributed by atoms with Gasteiger partial charge in [-0.3, -0.25) is 0 Å². The summed E-state index contributed by atoms with van der Waals surface area (Å²) in [5, 5.41) is 9.00. The topological polar surface area (TPSA) is 112 Å². The van der Waals surface area contributed by atoms with E-state index >= 15 is 0 Å². The Hall–Kier alpha value is -2.32. The standard InChI is InChI=1S/C17H17F5N4O4S/c18-15(19)29-12-7-9(17(20,21)22)1-2-10(12)14-24-13(25-30-14)11-8-16(11)3-5-26(6-4-16)31(23,27)28/h1-2,7,11,15H,3-6,8H2,(H2,23,27,28)/t11-/m0/s1. The van der Waals surface area contributed by atoms with Crippen LogP contribution in [0.3, 0.4) is 0 Å². The summed E-state index contributed by atoms with van der Waals surface area (Å²) in [5.41, 5.74) is -1.56. The number of rotatable bonds is 5. The van der Waals surface area contributed by atoms with Gasteiger partial charge in [-0.1, -0.05) is 5.16 Å². The van der Waals surface area contributed by atoms with Crippen molar-refractivity contribution in [3.63, 3.8) is 0 Å². The first-order valence-corrected chi connectivity index (χ1v) is 10.7. The van der Waals surface area contributed by atoms with Crippen LogP contribution in [0.5, 0.6) is 5.75 Å². The van der Waals surface area contributed by atoms with Crippen molar-refractivity contribution in [2.45, 2.75) is 38.0 Å². The number of piperidine rings is 1. The number of ether oxygens (including phenoxy) is 1. The first-order valence-electron chi connectivity index (χ1n) is 9.17. The zero-order valence-corrected chi connectivity index (χ0v) is 16.6. The molecule has 0 radical (unpaired) electrons. The molecule has 2 fully saturated rings. The molecule has 31 heavy (non-hydrogen) atoms. The highest BCUT2D eigenvalue weighted by Gasteiger charge is 2.58. The third-order valence-electron chi connectivity index (χ3n) is 5.78. The predicted octanol–water partition coefficient (Wildman–Crippen LogP) is 3.13. The van der Waals surface area contributed by atoms with Crippen molar-refractivity contribution in [3.05, 3.63) is 29.6 Å². The maximum absolute atomic E-state index is 12.9. The highest BCUT2D eigenvalue weighted by Crippen LogP contribution is 2.64. The lowest BCUT2D eigenvalue weighted by Gasteiger charge is -2.30. The van der Waals surface area contributed by atoms with Crippen LogP contribution in [0.1, 0.15) is 36.6 Å². The van der Waals surface area contributed by atoms with Gasteiger partial charge in [-0.15, -0.1) is 0 Å². The average Bonchev–Trinajstić information content (AvgIpc) is 3.12. The minimum atomic E-state index is -4.75. The molecule has 4 rings (SSSR count). The second-order valence-electron chi connectivity index (χ2n) is 7.61. The van der Waals surface area contributed by atoms with Gasteiger partial charge < -0.3 is 9.26 Å². The van der Waals surface area contributed by atoms with Gasteiger partial charge in [-0.25, -0.2) is 5.14 Å². The van der Waals surface area contributed by atoms with Gasteiger partial charge in [0.15, 0.2) is 5.82 Å². The van der Waals surface area contributed by atoms with Crippen molar-refractivity contribution in [2.24, 2.45) is 10.6 Å². The maximum Gasteiger partial charge on any atom is 0.416 e. The molecule has 14 heteroatoms. The average molecular weight is 468 g/mol. The van der Waals surface area contributed by atoms with Gasteiger partial charge in [0, 0.05) is 19.0 Å². The molecular weight excluding hydrogens is 451 g/mol. The molecule has 1 saturated heterocycles. The Morgan fingerprint density at radius 2 is 1.94 bits per heavy atom. The summed E-state index contributed by atoms with van der Waals surface area (Å²) < 4.78 is 97.6. The summed E-state index contributed by atoms with van der Waals surface area (Å²) in [6.45, 7) is -2.84. The van der Waals surface area contributed by atoms with E-state index in [1.165, 1.54) is 4.31 Å². The molecular formula is C17H17F5N4O4S. The van der Waals surface area contributed by atoms with Crippen molar-refractivity contribution in [1.82, 2.24) is 14.4 Å². The van der Waals surface area contributed by atoms with Crippen molar-refractivity contribution in [1.29, 1.82) is 0 Å². The zero-order valence-electron chi connectivity index (χ0n) is 15.8. The minimum Gasteiger partial charge on any atom is -0.434 e. The summed E-state index contributed by atoms with van der Waals surface area (Å²) in [6, 6.07) is 2.09. The van der Waals surface area contributed by atoms with E-state index in [9.17, 15) is 30.4 Å². The number of nitrogens with two attached hydrogens (primary N) is 1. The number of nitrogens with zero attached hydrogens (tertiary/aromatic N) is 3. The van der Waals surface area contributed by atoms with Gasteiger partial charge in [0.05, 0.1) is 11.1 Å². The molecule has 1 aliphatic heterocycles. The van der Waals surface area contributed by atoms with E-state index in [1.807, 2.05) is 0 Å². The fourth-order valence-corrected chi connectivity index (χ4v) is 4.70. The number of alkyl halides is 5. The van der Waals surface area contributed by atoms with Crippen LogP contribution >= 0.6 is 0 Å². The first kappa shape index (κ1) is 21.9. The van der Waals surface area contributed by atoms with Gasteiger partial charge in [0.25, 0.3) is 16.1 Å². The lowest BCUT2D eigenvalue weighted by molar-refractivity contribution is -0.138. The molecule has 2 aromatic rings. The molecule has 1 atom stereocenters. The van der Waals surface area contributed by atoms with Crippen LogP contribution in [0.15, 0.2) is 22.7 Å². The predicted molar refractivity (Wildman–Crippen MR) is 95.1 cm³/mol. The molecule has 0 unspecified atom stereocenters. The number of aromatic nitrogens is 2. The molecule has 2 heterocycles. The Labute approximate surface area is 173 Å². The molecule has 0 amide bonds. The molecule has 1 spiro atoms. The van der Waals surface area contributed by atoms with Crippen LogP contribution in [0.25, 0.3) is 11.5 Å². The number of hydrogen-bond donors (Lipinski definition) is 1. The summed E-state index contributed by atoms with van der Waals surface area (Å²) >= 11 is 0. The van der Waals surface area contributed by atoms with E-state index in [-0.39, 0.29) is 41.7 Å². The number of halogens is 5. The highest BCUT2D eigenvalue weighted by atomic mass is 32.2. The monoisotopic (exact) mass is 468 g/mol. The van der Waals surface area contributed by atoms with Crippen molar-refractivity contribution < 1.29 is 39.6 Å². The van der Waals surface area contributed by atoms with Crippen molar-refractivity contribution >= 4 is 10.2 Å². The Morgan fingerprint density at radius 3 is 2.52 bits per heavy atom. The molecule has 2 aliphatic rings. The lowest BCUT2D eigenvalue weighted by atomic mass is 9.92. The summed E-state index contributed by atoms with van der Waals surface area (Å²) in [7, 11) is -3.76. The van der Waals surface area contributed by atoms with E-state index < -0.39 is 34.3 Å². The smallest absolute Gasteiger partial charge is 0.416 e. The van der Waals surface area contributed by atoms with E-state index in [0.717, 1.165) is 6.07 Å². The van der Waals surface area contributed by atoms with Crippen molar-refractivity contribution in [3.8, 4) is 17.2 Å². The quantitative estimate of drug-likeness (QED) is 0.675. The third-order valence-corrected chi connectivity index (χ3v) is 6.86. The van der Waals surface area contributed by atoms with Crippen LogP contribution in [0.2, 0.25) is 0 Å². The summed E-state index contributed by atoms with van der Waals surface area (Å²) in [4.78, 5) is 4.18. The van der Waals surface area contributed by atoms with Crippen LogP contribution in [0, 0.1) is 5.41 Å². The zero-order chi connectivity index (χ0) is 22.6. The molecule has 170 valence electrons. The molecule has 8 nitrogen and oxygen atoms in total. The molecule has 1 saturated carbocycles. The Balaban J connectivity index is 1.55. The summed E-state index contributed by atoms with van der Waals surface area (Å²) in [5.74, 6) is -0.834. The summed E-state index contributed by atoms with van der Waals surface area (Å²) in [6.07, 6.45) is -2.99. The Bertz CT molecular complexity index is 1080. The van der Waals surface area contributed by atoms with E-state index in [0.29, 0.717) is 31.4 Å².